The zero-order valence-corrected chi connectivity index (χ0v) is 21.6. The van der Waals surface area contributed by atoms with Gasteiger partial charge < -0.3 is 9.47 Å². The minimum absolute atomic E-state index is 0.0136. The fourth-order valence-corrected chi connectivity index (χ4v) is 4.10. The molecule has 0 spiro atoms. The molecule has 0 fully saturated rings. The molecule has 0 aromatic heterocycles. The Hall–Kier alpha value is -2.91. The molecule has 0 radical (unpaired) electrons. The van der Waals surface area contributed by atoms with Crippen LogP contribution in [0.15, 0.2) is 72.8 Å². The van der Waals surface area contributed by atoms with Crippen molar-refractivity contribution >= 4 is 5.97 Å². The van der Waals surface area contributed by atoms with E-state index in [1.807, 2.05) is 48.5 Å². The van der Waals surface area contributed by atoms with Crippen molar-refractivity contribution in [3.63, 3.8) is 0 Å². The van der Waals surface area contributed by atoms with Crippen molar-refractivity contribution in [2.45, 2.75) is 78.2 Å². The van der Waals surface area contributed by atoms with Crippen molar-refractivity contribution in [1.29, 1.82) is 0 Å². The molecule has 3 aromatic carbocycles. The summed E-state index contributed by atoms with van der Waals surface area (Å²) in [6.07, 6.45) is 9.69. The van der Waals surface area contributed by atoms with Crippen LogP contribution >= 0.6 is 0 Å². The number of aryl methyl sites for hydroxylation is 1. The molecule has 3 rings (SSSR count). The van der Waals surface area contributed by atoms with Gasteiger partial charge in [-0.2, -0.15) is 0 Å². The minimum Gasteiger partial charge on any atom is -0.423 e. The molecular formula is C32H40O3. The number of unbranched alkanes of at least 4 members (excludes halogenated alkanes) is 5. The first-order valence-corrected chi connectivity index (χ1v) is 13.2. The van der Waals surface area contributed by atoms with Gasteiger partial charge in [-0.1, -0.05) is 94.5 Å². The van der Waals surface area contributed by atoms with Crippen LogP contribution in [0.4, 0.5) is 0 Å². The summed E-state index contributed by atoms with van der Waals surface area (Å²) < 4.78 is 11.5. The Bertz CT molecular complexity index is 1000. The van der Waals surface area contributed by atoms with Gasteiger partial charge in [0.1, 0.15) is 5.75 Å². The zero-order chi connectivity index (χ0) is 24.9. The molecular weight excluding hydrogens is 432 g/mol. The van der Waals surface area contributed by atoms with Crippen LogP contribution in [0, 0.1) is 0 Å². The van der Waals surface area contributed by atoms with Crippen molar-refractivity contribution in [3.8, 4) is 16.9 Å². The molecule has 0 aliphatic rings. The maximum Gasteiger partial charge on any atom is 0.343 e. The summed E-state index contributed by atoms with van der Waals surface area (Å²) in [5, 5.41) is 0. The Morgan fingerprint density at radius 3 is 1.94 bits per heavy atom. The lowest BCUT2D eigenvalue weighted by Gasteiger charge is -2.14. The van der Waals surface area contributed by atoms with Crippen LogP contribution in [0.3, 0.4) is 0 Å². The summed E-state index contributed by atoms with van der Waals surface area (Å²) in [5.74, 6) is 0.191. The van der Waals surface area contributed by atoms with Gasteiger partial charge in [0, 0.05) is 6.61 Å². The van der Waals surface area contributed by atoms with Crippen LogP contribution in [-0.4, -0.2) is 12.6 Å². The van der Waals surface area contributed by atoms with Crippen LogP contribution in [-0.2, 0) is 11.2 Å². The Kier molecular flexibility index (Phi) is 11.0. The van der Waals surface area contributed by atoms with E-state index in [9.17, 15) is 4.79 Å². The predicted octanol–water partition coefficient (Wildman–Crippen LogP) is 8.96. The number of hydrogen-bond donors (Lipinski definition) is 0. The highest BCUT2D eigenvalue weighted by Gasteiger charge is 2.11. The fourth-order valence-electron chi connectivity index (χ4n) is 4.10. The van der Waals surface area contributed by atoms with Gasteiger partial charge in [-0.05, 0) is 72.7 Å². The molecule has 0 saturated carbocycles. The highest BCUT2D eigenvalue weighted by Crippen LogP contribution is 2.24. The highest BCUT2D eigenvalue weighted by atomic mass is 16.5. The van der Waals surface area contributed by atoms with Gasteiger partial charge in [0.2, 0.25) is 0 Å². The number of ether oxygens (including phenoxy) is 2. The standard InChI is InChI=1S/C32H40O3/c1-4-6-8-10-24-34-25(3)27-16-18-30(19-17-27)32(33)35-31-22-20-29(21-23-31)28-14-12-26(13-15-28)11-9-7-5-2/h12-23,25H,4-11,24H2,1-3H3. The molecule has 1 atom stereocenters. The normalized spacial score (nSPS) is 11.9. The Morgan fingerprint density at radius 2 is 1.31 bits per heavy atom. The van der Waals surface area contributed by atoms with E-state index in [4.69, 9.17) is 9.47 Å². The first kappa shape index (κ1) is 26.7. The number of benzene rings is 3. The van der Waals surface area contributed by atoms with Gasteiger partial charge in [-0.25, -0.2) is 4.79 Å². The third-order valence-electron chi connectivity index (χ3n) is 6.40. The van der Waals surface area contributed by atoms with Crippen molar-refractivity contribution < 1.29 is 14.3 Å². The average Bonchev–Trinajstić information content (AvgIpc) is 2.89. The van der Waals surface area contributed by atoms with Crippen molar-refractivity contribution in [3.05, 3.63) is 89.5 Å². The van der Waals surface area contributed by atoms with E-state index < -0.39 is 0 Å². The topological polar surface area (TPSA) is 35.5 Å². The molecule has 3 aromatic rings. The number of carbonyl (C=O) groups excluding carboxylic acids is 1. The van der Waals surface area contributed by atoms with E-state index in [2.05, 4.69) is 45.0 Å². The van der Waals surface area contributed by atoms with Gasteiger partial charge in [0.25, 0.3) is 0 Å². The smallest absolute Gasteiger partial charge is 0.343 e. The number of esters is 1. The molecule has 0 amide bonds. The van der Waals surface area contributed by atoms with Crippen LogP contribution in [0.5, 0.6) is 5.75 Å². The summed E-state index contributed by atoms with van der Waals surface area (Å²) >= 11 is 0. The summed E-state index contributed by atoms with van der Waals surface area (Å²) in [6.45, 7) is 7.26. The first-order chi connectivity index (χ1) is 17.1. The molecule has 0 aliphatic heterocycles. The van der Waals surface area contributed by atoms with Crippen molar-refractivity contribution in [2.75, 3.05) is 6.61 Å². The molecule has 0 saturated heterocycles. The summed E-state index contributed by atoms with van der Waals surface area (Å²) in [4.78, 5) is 12.6. The first-order valence-electron chi connectivity index (χ1n) is 13.2. The lowest BCUT2D eigenvalue weighted by Crippen LogP contribution is -2.09. The summed E-state index contributed by atoms with van der Waals surface area (Å²) in [6, 6.07) is 24.0. The van der Waals surface area contributed by atoms with Crippen molar-refractivity contribution in [2.24, 2.45) is 0 Å². The third-order valence-corrected chi connectivity index (χ3v) is 6.40. The molecule has 0 heterocycles. The third kappa shape index (κ3) is 8.67. The molecule has 0 aliphatic carbocycles. The van der Waals surface area contributed by atoms with E-state index in [0.29, 0.717) is 11.3 Å². The summed E-state index contributed by atoms with van der Waals surface area (Å²) in [5.41, 5.74) is 5.26. The highest BCUT2D eigenvalue weighted by molar-refractivity contribution is 5.91. The monoisotopic (exact) mass is 472 g/mol. The summed E-state index contributed by atoms with van der Waals surface area (Å²) in [7, 11) is 0. The predicted molar refractivity (Wildman–Crippen MR) is 145 cm³/mol. The largest absolute Gasteiger partial charge is 0.423 e. The van der Waals surface area contributed by atoms with E-state index in [0.717, 1.165) is 30.6 Å². The van der Waals surface area contributed by atoms with Crippen molar-refractivity contribution in [1.82, 2.24) is 0 Å². The number of hydrogen-bond acceptors (Lipinski definition) is 3. The van der Waals surface area contributed by atoms with Crippen LogP contribution in [0.25, 0.3) is 11.1 Å². The van der Waals surface area contributed by atoms with Gasteiger partial charge in [-0.3, -0.25) is 0 Å². The number of rotatable bonds is 14. The number of carbonyl (C=O) groups is 1. The maximum atomic E-state index is 12.6. The second-order valence-electron chi connectivity index (χ2n) is 9.26. The van der Waals surface area contributed by atoms with E-state index in [-0.39, 0.29) is 12.1 Å². The lowest BCUT2D eigenvalue weighted by molar-refractivity contribution is 0.0626. The van der Waals surface area contributed by atoms with Gasteiger partial charge in [-0.15, -0.1) is 0 Å². The Balaban J connectivity index is 1.51. The van der Waals surface area contributed by atoms with E-state index in [1.54, 1.807) is 0 Å². The van der Waals surface area contributed by atoms with Gasteiger partial charge >= 0.3 is 5.97 Å². The molecule has 186 valence electrons. The molecule has 0 N–H and O–H groups in total. The SMILES string of the molecule is CCCCCCOC(C)c1ccc(C(=O)Oc2ccc(-c3ccc(CCCCC)cc3)cc2)cc1. The lowest BCUT2D eigenvalue weighted by atomic mass is 10.0. The van der Waals surface area contributed by atoms with Crippen LogP contribution < -0.4 is 4.74 Å². The van der Waals surface area contributed by atoms with E-state index >= 15 is 0 Å². The van der Waals surface area contributed by atoms with E-state index in [1.165, 1.54) is 49.7 Å². The molecule has 3 heteroatoms. The second-order valence-corrected chi connectivity index (χ2v) is 9.26. The van der Waals surface area contributed by atoms with Gasteiger partial charge in [0.05, 0.1) is 11.7 Å². The minimum atomic E-state index is -0.353. The maximum absolute atomic E-state index is 12.6. The fraction of sp³-hybridized carbons (Fsp3) is 0.406. The molecule has 0 bridgehead atoms. The van der Waals surface area contributed by atoms with Crippen LogP contribution in [0.1, 0.15) is 93.3 Å². The second kappa shape index (κ2) is 14.5. The zero-order valence-electron chi connectivity index (χ0n) is 21.6. The Morgan fingerprint density at radius 1 is 0.714 bits per heavy atom. The Labute approximate surface area is 211 Å². The molecule has 1 unspecified atom stereocenters. The van der Waals surface area contributed by atoms with Gasteiger partial charge in [0.15, 0.2) is 0 Å². The molecule has 3 nitrogen and oxygen atoms in total. The van der Waals surface area contributed by atoms with Crippen LogP contribution in [0.2, 0.25) is 0 Å². The molecule has 35 heavy (non-hydrogen) atoms. The average molecular weight is 473 g/mol. The quantitative estimate of drug-likeness (QED) is 0.133.